The Morgan fingerprint density at radius 2 is 0.447 bits per heavy atom. The van der Waals surface area contributed by atoms with Crippen LogP contribution in [-0.4, -0.2) is 383 Å². The van der Waals surface area contributed by atoms with E-state index in [0.717, 1.165) is 44.5 Å². The average molecular weight is 1750 g/mol. The fraction of sp³-hybridized carbons (Fsp3) is 0.300. The first kappa shape index (κ1) is 102. The second kappa shape index (κ2) is 39.2. The molecule has 10 aliphatic rings. The Balaban J connectivity index is 0.0000122. The number of benzene rings is 8. The van der Waals surface area contributed by atoms with E-state index in [4.69, 9.17) is 245 Å². The minimum Gasteiger partial charge on any atom is -0.457 e. The summed E-state index contributed by atoms with van der Waals surface area (Å²) in [7, 11) is 183. The summed E-state index contributed by atoms with van der Waals surface area (Å²) in [5.41, 5.74) is 7.33. The van der Waals surface area contributed by atoms with Crippen molar-refractivity contribution in [1.82, 2.24) is 39.9 Å². The predicted molar refractivity (Wildman–Crippen MR) is 617 cm³/mol. The van der Waals surface area contributed by atoms with E-state index < -0.39 is 41.7 Å². The maximum atomic E-state index is 7.41. The molecule has 11 aromatic rings. The number of hydrogen-bond acceptors (Lipinski definition) is 10. The van der Waals surface area contributed by atoms with Gasteiger partial charge in [-0.25, -0.2) is 9.97 Å². The van der Waals surface area contributed by atoms with E-state index in [-0.39, 0.29) is 164 Å². The Morgan fingerprint density at radius 1 is 0.248 bits per heavy atom. The van der Waals surface area contributed by atoms with Gasteiger partial charge in [0.05, 0.1) is 145 Å². The molecule has 0 spiro atoms. The summed E-state index contributed by atoms with van der Waals surface area (Å²) in [6, 6.07) is 46.3. The fourth-order valence-electron chi connectivity index (χ4n) is 24.1. The zero-order valence-corrected chi connectivity index (χ0v) is 80.7. The van der Waals surface area contributed by atoms with Crippen molar-refractivity contribution in [3.63, 3.8) is 0 Å². The molecule has 61 heteroatoms. The molecule has 8 aromatic carbocycles. The first-order chi connectivity index (χ1) is 67.6. The Labute approximate surface area is 888 Å². The van der Waals surface area contributed by atoms with Gasteiger partial charge in [-0.05, 0) is 179 Å². The van der Waals surface area contributed by atoms with E-state index in [0.29, 0.717) is 141 Å². The van der Waals surface area contributed by atoms with Gasteiger partial charge in [0.25, 0.3) is 0 Å². The van der Waals surface area contributed by atoms with Crippen LogP contribution in [-0.2, 0) is 70.8 Å². The molecule has 0 N–H and O–H groups in total. The maximum absolute atomic E-state index is 7.41. The van der Waals surface area contributed by atoms with Gasteiger partial charge < -0.3 is 48.9 Å². The molecule has 10 aliphatic heterocycles. The third-order valence-corrected chi connectivity index (χ3v) is 33.0. The van der Waals surface area contributed by atoms with E-state index in [1.54, 1.807) is 115 Å². The summed E-state index contributed by atoms with van der Waals surface area (Å²) >= 11 is 0. The molecule has 12 nitrogen and oxygen atoms in total. The second-order valence-electron chi connectivity index (χ2n) is 40.1. The number of rotatable bonds is 40. The molecular weight excluding hydrogens is 1700 g/mol. The van der Waals surface area contributed by atoms with Crippen molar-refractivity contribution in [2.24, 2.45) is 0 Å². The summed E-state index contributed by atoms with van der Waals surface area (Å²) < 4.78 is 29.6. The number of hydrogen-bond donors (Lipinski definition) is 0. The van der Waals surface area contributed by atoms with Crippen molar-refractivity contribution in [1.29, 1.82) is 0 Å². The van der Waals surface area contributed by atoms with Crippen molar-refractivity contribution < 1.29 is 38.4 Å². The van der Waals surface area contributed by atoms with E-state index in [9.17, 15) is 0 Å². The van der Waals surface area contributed by atoms with Crippen LogP contribution in [0.3, 0.4) is 0 Å². The minimum absolute atomic E-state index is 0. The van der Waals surface area contributed by atoms with Gasteiger partial charge in [0, 0.05) is 288 Å². The molecule has 8 saturated heterocycles. The largest absolute Gasteiger partial charge is 2.00 e. The van der Waals surface area contributed by atoms with E-state index in [2.05, 4.69) is 24.3 Å². The Morgan fingerprint density at radius 3 is 0.667 bits per heavy atom. The molecule has 16 unspecified atom stereocenters. The van der Waals surface area contributed by atoms with Crippen molar-refractivity contribution in [3.05, 3.63) is 190 Å². The monoisotopic (exact) mass is 1750 g/mol. The van der Waals surface area contributed by atoms with Gasteiger partial charge in [-0.3, -0.25) is 0 Å². The zero-order chi connectivity index (χ0) is 98.1. The van der Waals surface area contributed by atoms with Crippen LogP contribution in [0.4, 0.5) is 0 Å². The molecule has 0 aliphatic carbocycles. The maximum Gasteiger partial charge on any atom is 2.00 e. The van der Waals surface area contributed by atoms with Crippen LogP contribution in [0.2, 0.25) is 87.4 Å². The number of ether oxygens (including phenoxy) is 4. The zero-order valence-electron chi connectivity index (χ0n) is 77.8. The summed E-state index contributed by atoms with van der Waals surface area (Å²) in [5, 5.41) is -3.65. The molecule has 3 aromatic heterocycles. The first-order valence-corrected chi connectivity index (χ1v) is 47.0. The predicted octanol–water partition coefficient (Wildman–Crippen LogP) is -0.169. The number of nitrogens with zero attached hydrogens (tertiary/aromatic N) is 8. The molecule has 578 valence electrons. The van der Waals surface area contributed by atoms with Gasteiger partial charge in [0.1, 0.15) is 46.0 Å². The Hall–Kier alpha value is -5.94. The van der Waals surface area contributed by atoms with Crippen LogP contribution in [0.15, 0.2) is 146 Å². The molecule has 8 bridgehead atoms. The molecule has 16 atom stereocenters. The van der Waals surface area contributed by atoms with Crippen LogP contribution in [0.5, 0.6) is 46.0 Å². The molecule has 141 heavy (non-hydrogen) atoms. The standard InChI is InChI=1S/C80H48B48N8O4.Zn/c81-105-65-73(113-89,121(65)97)25-33-13-34(26-74(114-90)66(106-82)122(74)98)18-41(17-33)137-49-9-1-5-45-53(49)61-130-57(45)129-58-46-6-2-10-50(138-42-19-35(27-75(115-91)67(107-83)123(75)99)14-36(20-42)28-76(116-92)68(108-84)124(76)100)54(46)62(131-58)133-60-48-8-4-12-52(140-44-23-39(31-79(119-95)71(111-87)127(79)103)16-40(24-44)32-80(120-96)72(112-88)128(80)104)56(48)64(135-60)136-63-55-47(59(132-61)134-63)7-3-11-51(55)139-43-21-37(29-77(117-93)69(109-85)125(77)101)15-38(22-43)30-78(118-94)70(110-86)126(78)102;/h1-24,65-72H,25-32H2;/q-2;+2/i105-1,106-1,107-1,108-1,109-1,110-1,111-1,112-1,113-1,114-1,115-1,116-1,117-1,118-1,119-1,120-1,121-1,122-1,123-1,124-1,125-1,126-1,127-1,128-1;. The Kier molecular flexibility index (Phi) is 28.4. The van der Waals surface area contributed by atoms with Crippen molar-refractivity contribution in [2.75, 3.05) is 0 Å². The van der Waals surface area contributed by atoms with E-state index in [1.165, 1.54) is 0 Å². The number of aromatic nitrogens is 8. The van der Waals surface area contributed by atoms with Crippen LogP contribution in [0, 0.1) is 0 Å². The minimum atomic E-state index is -0.686. The number of fused-ring (bicyclic) bond motifs is 20. The third-order valence-electron chi connectivity index (χ3n) is 33.0. The fourth-order valence-corrected chi connectivity index (χ4v) is 24.1. The van der Waals surface area contributed by atoms with Crippen LogP contribution >= 0.6 is 0 Å². The molecule has 64 radical (unpaired) electrons. The van der Waals surface area contributed by atoms with Gasteiger partial charge in [-0.1, -0.05) is 72.8 Å². The quantitative estimate of drug-likeness (QED) is 0.0472. The van der Waals surface area contributed by atoms with E-state index in [1.807, 2.05) is 121 Å². The first-order valence-electron chi connectivity index (χ1n) is 47.0. The molecule has 13 heterocycles. The summed E-state index contributed by atoms with van der Waals surface area (Å²) in [6.45, 7) is -2.89. The normalized spacial score (nSPS) is 27.1. The topological polar surface area (TPSA) is 142 Å². The van der Waals surface area contributed by atoms with Gasteiger partial charge >= 0.3 is 19.5 Å². The van der Waals surface area contributed by atoms with E-state index >= 15 is 0 Å². The van der Waals surface area contributed by atoms with Crippen molar-refractivity contribution in [3.8, 4) is 91.5 Å². The SMILES string of the molecule is [B][10B]C1[10B]([B])C1([10B][B])Cc1cc(CC2([10B][B])[10B]([B])C2[10B][B])cc(Oc2cccc3c2-c2nc-3nc3[n-]c(nc4nc(nc5[n-]c(n2)c2cccc(Oc6cc(CC7([10B][B])[10B]([B])C7[10B][B])cc(CC7([10B][B])[10B]([B])C7[10B][B])c6)c52)-c2c(Oc5cc(CC6([10B][B])[10B]([B])C6[10B][B])cc(CC6([10B][B])[10B]([B])C6[10B][B])c5)cccc2-4)c2c(Oc4cc(CC5([10B][B])[10B]([B])C5[10B][B])cc(CC5([10B][B])[10B]([B])C5[10B][B])c4)cccc32)c1.[Zn+2]. The molecule has 8 fully saturated rings. The Bertz CT molecular complexity index is 6730. The summed E-state index contributed by atoms with van der Waals surface area (Å²) in [6.07, 6.45) is 3.16. The molecule has 0 saturated carbocycles. The van der Waals surface area contributed by atoms with Gasteiger partial charge in [0.2, 0.25) is 0 Å². The summed E-state index contributed by atoms with van der Waals surface area (Å²) in [4.78, 5) is 44.4. The molecule has 0 amide bonds. The van der Waals surface area contributed by atoms with Crippen LogP contribution < -0.4 is 28.9 Å². The van der Waals surface area contributed by atoms with Crippen molar-refractivity contribution >= 4 is 397 Å². The molecule has 21 rings (SSSR count). The van der Waals surface area contributed by atoms with Gasteiger partial charge in [-0.15, -0.1) is 87.4 Å². The smallest absolute Gasteiger partial charge is 0.457 e. The van der Waals surface area contributed by atoms with Crippen LogP contribution in [0.25, 0.3) is 89.7 Å². The van der Waals surface area contributed by atoms with Gasteiger partial charge in [0.15, 0.2) is 0 Å². The third kappa shape index (κ3) is 17.1. The van der Waals surface area contributed by atoms with Crippen molar-refractivity contribution in [2.45, 2.75) is 139 Å². The van der Waals surface area contributed by atoms with Crippen LogP contribution in [0.1, 0.15) is 44.5 Å². The second-order valence-corrected chi connectivity index (χ2v) is 40.1. The average Bonchev–Trinajstić information content (AvgIpc) is 1.57. The molecular formula is C80H48B48N8O4Zn. The van der Waals surface area contributed by atoms with Gasteiger partial charge in [-0.2, -0.15) is 0 Å². The summed E-state index contributed by atoms with van der Waals surface area (Å²) in [5.74, 6) is 3.47.